The second-order valence-corrected chi connectivity index (χ2v) is 4.09. The molecule has 0 aliphatic carbocycles. The summed E-state index contributed by atoms with van der Waals surface area (Å²) in [6.45, 7) is 6.05. The maximum Gasteiger partial charge on any atom is 0.239 e. The van der Waals surface area contributed by atoms with E-state index in [4.69, 9.17) is 0 Å². The molecule has 0 aromatic carbocycles. The lowest BCUT2D eigenvalue weighted by atomic mass is 10.1. The topological polar surface area (TPSA) is 69.8 Å². The minimum atomic E-state index is -0.193. The van der Waals surface area contributed by atoms with Crippen molar-refractivity contribution in [3.8, 4) is 0 Å². The van der Waals surface area contributed by atoms with E-state index < -0.39 is 0 Å². The summed E-state index contributed by atoms with van der Waals surface area (Å²) >= 11 is 0. The van der Waals surface area contributed by atoms with E-state index in [9.17, 15) is 4.79 Å². The first kappa shape index (κ1) is 10.6. The van der Waals surface area contributed by atoms with Gasteiger partial charge < -0.3 is 15.6 Å². The van der Waals surface area contributed by atoms with Gasteiger partial charge in [0.05, 0.1) is 6.54 Å². The summed E-state index contributed by atoms with van der Waals surface area (Å²) < 4.78 is 0. The standard InChI is InChI=1S/C9H16N4O/c1-9(2,3)13-7(14)6-12-8-10-4-5-11-8/h4-5H,6H2,1-3H3,(H,13,14)(H2,10,11,12). The molecule has 0 atom stereocenters. The average molecular weight is 196 g/mol. The highest BCUT2D eigenvalue weighted by Gasteiger charge is 2.13. The van der Waals surface area contributed by atoms with Crippen LogP contribution in [0.25, 0.3) is 0 Å². The molecule has 5 nitrogen and oxygen atoms in total. The highest BCUT2D eigenvalue weighted by molar-refractivity contribution is 5.80. The zero-order valence-corrected chi connectivity index (χ0v) is 8.72. The molecule has 1 aromatic heterocycles. The second-order valence-electron chi connectivity index (χ2n) is 4.09. The SMILES string of the molecule is CC(C)(C)NC(=O)CNc1ncc[nH]1. The molecule has 0 aliphatic heterocycles. The van der Waals surface area contributed by atoms with E-state index in [1.807, 2.05) is 20.8 Å². The Morgan fingerprint density at radius 1 is 1.57 bits per heavy atom. The Bertz CT molecular complexity index is 286. The zero-order chi connectivity index (χ0) is 10.6. The van der Waals surface area contributed by atoms with Crippen molar-refractivity contribution in [3.63, 3.8) is 0 Å². The zero-order valence-electron chi connectivity index (χ0n) is 8.72. The highest BCUT2D eigenvalue weighted by atomic mass is 16.2. The third-order valence-electron chi connectivity index (χ3n) is 1.43. The predicted octanol–water partition coefficient (Wildman–Crippen LogP) is 0.736. The number of nitrogens with zero attached hydrogens (tertiary/aromatic N) is 1. The Balaban J connectivity index is 2.29. The molecule has 0 saturated heterocycles. The molecule has 0 bridgehead atoms. The van der Waals surface area contributed by atoms with Crippen LogP contribution in [0, 0.1) is 0 Å². The van der Waals surface area contributed by atoms with Crippen molar-refractivity contribution in [3.05, 3.63) is 12.4 Å². The molecule has 1 heterocycles. The molecule has 78 valence electrons. The van der Waals surface area contributed by atoms with Crippen LogP contribution in [0.4, 0.5) is 5.95 Å². The van der Waals surface area contributed by atoms with Gasteiger partial charge in [-0.3, -0.25) is 4.79 Å². The van der Waals surface area contributed by atoms with E-state index >= 15 is 0 Å². The van der Waals surface area contributed by atoms with Crippen molar-refractivity contribution in [2.24, 2.45) is 0 Å². The lowest BCUT2D eigenvalue weighted by Gasteiger charge is -2.20. The van der Waals surface area contributed by atoms with E-state index in [-0.39, 0.29) is 18.0 Å². The number of aromatic nitrogens is 2. The Morgan fingerprint density at radius 2 is 2.29 bits per heavy atom. The molecule has 0 fully saturated rings. The number of hydrogen-bond acceptors (Lipinski definition) is 3. The summed E-state index contributed by atoms with van der Waals surface area (Å²) in [5.41, 5.74) is -0.193. The number of aromatic amines is 1. The molecule has 14 heavy (non-hydrogen) atoms. The van der Waals surface area contributed by atoms with Gasteiger partial charge in [-0.15, -0.1) is 0 Å². The normalized spacial score (nSPS) is 11.1. The van der Waals surface area contributed by atoms with Crippen molar-refractivity contribution in [2.45, 2.75) is 26.3 Å². The summed E-state index contributed by atoms with van der Waals surface area (Å²) in [7, 11) is 0. The maximum absolute atomic E-state index is 11.3. The first-order valence-electron chi connectivity index (χ1n) is 4.52. The largest absolute Gasteiger partial charge is 0.350 e. The number of hydrogen-bond donors (Lipinski definition) is 3. The Hall–Kier alpha value is -1.52. The molecule has 1 amide bonds. The molecule has 0 spiro atoms. The molecule has 1 rings (SSSR count). The monoisotopic (exact) mass is 196 g/mol. The third kappa shape index (κ3) is 3.93. The van der Waals surface area contributed by atoms with E-state index in [1.54, 1.807) is 12.4 Å². The third-order valence-corrected chi connectivity index (χ3v) is 1.43. The van der Waals surface area contributed by atoms with Gasteiger partial charge in [0, 0.05) is 17.9 Å². The minimum Gasteiger partial charge on any atom is -0.350 e. The summed E-state index contributed by atoms with van der Waals surface area (Å²) in [6.07, 6.45) is 3.33. The molecule has 0 saturated carbocycles. The Kier molecular flexibility index (Phi) is 3.11. The second kappa shape index (κ2) is 4.13. The molecule has 5 heteroatoms. The minimum absolute atomic E-state index is 0.0473. The molecule has 0 radical (unpaired) electrons. The highest BCUT2D eigenvalue weighted by Crippen LogP contribution is 1.98. The van der Waals surface area contributed by atoms with Crippen LogP contribution in [0.5, 0.6) is 0 Å². The molecular formula is C9H16N4O. The summed E-state index contributed by atoms with van der Waals surface area (Å²) in [6, 6.07) is 0. The van der Waals surface area contributed by atoms with Gasteiger partial charge in [0.2, 0.25) is 11.9 Å². The summed E-state index contributed by atoms with van der Waals surface area (Å²) in [4.78, 5) is 18.1. The lowest BCUT2D eigenvalue weighted by Crippen LogP contribution is -2.43. The van der Waals surface area contributed by atoms with Crippen molar-refractivity contribution in [1.82, 2.24) is 15.3 Å². The predicted molar refractivity (Wildman–Crippen MR) is 55.0 cm³/mol. The molecule has 1 aromatic rings. The number of rotatable bonds is 3. The van der Waals surface area contributed by atoms with Crippen LogP contribution in [-0.2, 0) is 4.79 Å². The van der Waals surface area contributed by atoms with Crippen LogP contribution in [0.15, 0.2) is 12.4 Å². The number of imidazole rings is 1. The molecule has 0 aliphatic rings. The summed E-state index contributed by atoms with van der Waals surface area (Å²) in [5.74, 6) is 0.558. The van der Waals surface area contributed by atoms with Gasteiger partial charge in [-0.2, -0.15) is 0 Å². The van der Waals surface area contributed by atoms with Gasteiger partial charge in [0.15, 0.2) is 0 Å². The van der Waals surface area contributed by atoms with Crippen molar-refractivity contribution >= 4 is 11.9 Å². The van der Waals surface area contributed by atoms with Gasteiger partial charge in [-0.05, 0) is 20.8 Å². The Morgan fingerprint density at radius 3 is 2.79 bits per heavy atom. The molecular weight excluding hydrogens is 180 g/mol. The number of carbonyl (C=O) groups is 1. The van der Waals surface area contributed by atoms with Crippen LogP contribution < -0.4 is 10.6 Å². The van der Waals surface area contributed by atoms with Crippen molar-refractivity contribution in [1.29, 1.82) is 0 Å². The van der Waals surface area contributed by atoms with E-state index in [1.165, 1.54) is 0 Å². The summed E-state index contributed by atoms with van der Waals surface area (Å²) in [5, 5.41) is 5.71. The van der Waals surface area contributed by atoms with Crippen LogP contribution in [0.1, 0.15) is 20.8 Å². The fourth-order valence-electron chi connectivity index (χ4n) is 0.988. The van der Waals surface area contributed by atoms with Crippen LogP contribution in [0.2, 0.25) is 0 Å². The van der Waals surface area contributed by atoms with Crippen molar-refractivity contribution < 1.29 is 4.79 Å². The van der Waals surface area contributed by atoms with E-state index in [0.29, 0.717) is 5.95 Å². The van der Waals surface area contributed by atoms with Gasteiger partial charge in [0.25, 0.3) is 0 Å². The van der Waals surface area contributed by atoms with E-state index in [0.717, 1.165) is 0 Å². The van der Waals surface area contributed by atoms with Gasteiger partial charge in [0.1, 0.15) is 0 Å². The number of amides is 1. The van der Waals surface area contributed by atoms with Crippen LogP contribution in [-0.4, -0.2) is 28.0 Å². The quantitative estimate of drug-likeness (QED) is 0.667. The number of H-pyrrole nitrogens is 1. The van der Waals surface area contributed by atoms with Crippen LogP contribution >= 0.6 is 0 Å². The number of nitrogens with one attached hydrogen (secondary N) is 3. The van der Waals surface area contributed by atoms with Crippen molar-refractivity contribution in [2.75, 3.05) is 11.9 Å². The molecule has 3 N–H and O–H groups in total. The van der Waals surface area contributed by atoms with E-state index in [2.05, 4.69) is 20.6 Å². The fourth-order valence-corrected chi connectivity index (χ4v) is 0.988. The Labute approximate surface area is 83.3 Å². The first-order valence-corrected chi connectivity index (χ1v) is 4.52. The fraction of sp³-hybridized carbons (Fsp3) is 0.556. The maximum atomic E-state index is 11.3. The van der Waals surface area contributed by atoms with Gasteiger partial charge >= 0.3 is 0 Å². The number of carbonyl (C=O) groups excluding carboxylic acids is 1. The average Bonchev–Trinajstić information content (AvgIpc) is 2.49. The smallest absolute Gasteiger partial charge is 0.239 e. The van der Waals surface area contributed by atoms with Crippen LogP contribution in [0.3, 0.4) is 0 Å². The molecule has 0 unspecified atom stereocenters. The first-order chi connectivity index (χ1) is 6.47. The van der Waals surface area contributed by atoms with Gasteiger partial charge in [-0.1, -0.05) is 0 Å². The lowest BCUT2D eigenvalue weighted by molar-refractivity contribution is -0.120. The number of anilines is 1. The van der Waals surface area contributed by atoms with Gasteiger partial charge in [-0.25, -0.2) is 4.98 Å².